The van der Waals surface area contributed by atoms with E-state index in [9.17, 15) is 4.79 Å². The molecular weight excluding hydrogens is 180 g/mol. The topological polar surface area (TPSA) is 64.3 Å². The second-order valence-corrected chi connectivity index (χ2v) is 3.80. The summed E-state index contributed by atoms with van der Waals surface area (Å²) in [5, 5.41) is 0. The zero-order chi connectivity index (χ0) is 10.2. The Morgan fingerprint density at radius 1 is 1.36 bits per heavy atom. The van der Waals surface area contributed by atoms with Crippen molar-refractivity contribution in [3.8, 4) is 0 Å². The fraction of sp³-hybridized carbons (Fsp3) is 0.900. The van der Waals surface area contributed by atoms with Crippen LogP contribution in [-0.2, 0) is 9.53 Å². The van der Waals surface area contributed by atoms with Crippen LogP contribution in [-0.4, -0.2) is 18.6 Å². The highest BCUT2D eigenvalue weighted by Crippen LogP contribution is 2.20. The highest BCUT2D eigenvalue weighted by molar-refractivity contribution is 5.74. The Bertz CT molecular complexity index is 168. The number of carbonyl (C=O) groups is 1. The van der Waals surface area contributed by atoms with Gasteiger partial charge in [0.2, 0.25) is 5.91 Å². The van der Waals surface area contributed by atoms with Gasteiger partial charge in [0.15, 0.2) is 0 Å². The molecule has 1 saturated carbocycles. The fourth-order valence-electron chi connectivity index (χ4n) is 1.76. The molecule has 0 aromatic rings. The standard InChI is InChI=1S/C10H20N2O2/c11-12-10(13)7-3-4-8-14-9-5-1-2-6-9/h9H,1-8,11H2,(H,12,13). The number of nitrogens with one attached hydrogen (secondary N) is 1. The van der Waals surface area contributed by atoms with E-state index in [4.69, 9.17) is 10.6 Å². The molecule has 0 bridgehead atoms. The maximum atomic E-state index is 10.8. The largest absolute Gasteiger partial charge is 0.378 e. The summed E-state index contributed by atoms with van der Waals surface area (Å²) in [4.78, 5) is 10.8. The number of hydrazine groups is 1. The van der Waals surface area contributed by atoms with Crippen LogP contribution in [0.5, 0.6) is 0 Å². The molecule has 0 heterocycles. The maximum absolute atomic E-state index is 10.8. The number of hydrogen-bond acceptors (Lipinski definition) is 3. The van der Waals surface area contributed by atoms with Crippen LogP contribution in [0.2, 0.25) is 0 Å². The summed E-state index contributed by atoms with van der Waals surface area (Å²) in [6.45, 7) is 0.780. The third-order valence-corrected chi connectivity index (χ3v) is 2.61. The lowest BCUT2D eigenvalue weighted by Crippen LogP contribution is -2.29. The van der Waals surface area contributed by atoms with Crippen molar-refractivity contribution in [3.05, 3.63) is 0 Å². The van der Waals surface area contributed by atoms with E-state index in [2.05, 4.69) is 5.43 Å². The van der Waals surface area contributed by atoms with Crippen molar-refractivity contribution in [2.75, 3.05) is 6.61 Å². The molecule has 0 unspecified atom stereocenters. The first-order valence-corrected chi connectivity index (χ1v) is 5.44. The molecule has 1 aliphatic rings. The number of carbonyl (C=O) groups excluding carboxylic acids is 1. The van der Waals surface area contributed by atoms with Crippen LogP contribution >= 0.6 is 0 Å². The van der Waals surface area contributed by atoms with Crippen molar-refractivity contribution in [1.82, 2.24) is 5.43 Å². The molecule has 0 spiro atoms. The van der Waals surface area contributed by atoms with Gasteiger partial charge in [0, 0.05) is 13.0 Å². The van der Waals surface area contributed by atoms with Gasteiger partial charge in [-0.2, -0.15) is 0 Å². The van der Waals surface area contributed by atoms with Crippen molar-refractivity contribution in [2.24, 2.45) is 5.84 Å². The van der Waals surface area contributed by atoms with Gasteiger partial charge in [-0.05, 0) is 25.7 Å². The number of unbranched alkanes of at least 4 members (excludes halogenated alkanes) is 1. The van der Waals surface area contributed by atoms with E-state index in [1.165, 1.54) is 25.7 Å². The number of amides is 1. The van der Waals surface area contributed by atoms with Gasteiger partial charge in [-0.3, -0.25) is 10.2 Å². The van der Waals surface area contributed by atoms with E-state index in [0.717, 1.165) is 19.4 Å². The summed E-state index contributed by atoms with van der Waals surface area (Å²) in [5.74, 6) is 4.86. The molecule has 0 atom stereocenters. The normalized spacial score (nSPS) is 17.2. The Morgan fingerprint density at radius 3 is 2.71 bits per heavy atom. The zero-order valence-corrected chi connectivity index (χ0v) is 8.63. The first-order valence-electron chi connectivity index (χ1n) is 5.44. The monoisotopic (exact) mass is 200 g/mol. The van der Waals surface area contributed by atoms with E-state index in [-0.39, 0.29) is 5.91 Å². The Labute approximate surface area is 85.2 Å². The van der Waals surface area contributed by atoms with Gasteiger partial charge in [-0.1, -0.05) is 12.8 Å². The lowest BCUT2D eigenvalue weighted by molar-refractivity contribution is -0.121. The summed E-state index contributed by atoms with van der Waals surface area (Å²) >= 11 is 0. The first-order chi connectivity index (χ1) is 6.83. The van der Waals surface area contributed by atoms with Gasteiger partial charge < -0.3 is 4.74 Å². The minimum Gasteiger partial charge on any atom is -0.378 e. The van der Waals surface area contributed by atoms with Crippen LogP contribution in [0.4, 0.5) is 0 Å². The lowest BCUT2D eigenvalue weighted by atomic mass is 10.2. The summed E-state index contributed by atoms with van der Waals surface area (Å²) in [6.07, 6.45) is 7.83. The average molecular weight is 200 g/mol. The van der Waals surface area contributed by atoms with E-state index in [0.29, 0.717) is 12.5 Å². The minimum absolute atomic E-state index is 0.0918. The van der Waals surface area contributed by atoms with Gasteiger partial charge in [-0.25, -0.2) is 5.84 Å². The summed E-state index contributed by atoms with van der Waals surface area (Å²) in [5.41, 5.74) is 2.12. The number of rotatable bonds is 6. The van der Waals surface area contributed by atoms with Crippen molar-refractivity contribution in [1.29, 1.82) is 0 Å². The van der Waals surface area contributed by atoms with E-state index in [1.54, 1.807) is 0 Å². The van der Waals surface area contributed by atoms with Gasteiger partial charge in [0.25, 0.3) is 0 Å². The predicted molar refractivity (Wildman–Crippen MR) is 54.4 cm³/mol. The number of nitrogens with two attached hydrogens (primary N) is 1. The molecule has 0 aromatic carbocycles. The fourth-order valence-corrected chi connectivity index (χ4v) is 1.76. The van der Waals surface area contributed by atoms with Crippen molar-refractivity contribution in [2.45, 2.75) is 51.0 Å². The smallest absolute Gasteiger partial charge is 0.233 e. The predicted octanol–water partition coefficient (Wildman–Crippen LogP) is 1.11. The molecule has 82 valence electrons. The minimum atomic E-state index is -0.0918. The Kier molecular flexibility index (Phi) is 5.56. The molecule has 4 heteroatoms. The maximum Gasteiger partial charge on any atom is 0.233 e. The van der Waals surface area contributed by atoms with Crippen LogP contribution in [0, 0.1) is 0 Å². The summed E-state index contributed by atoms with van der Waals surface area (Å²) in [6, 6.07) is 0. The number of ether oxygens (including phenoxy) is 1. The average Bonchev–Trinajstić information content (AvgIpc) is 2.69. The van der Waals surface area contributed by atoms with Gasteiger partial charge >= 0.3 is 0 Å². The van der Waals surface area contributed by atoms with Crippen molar-refractivity contribution >= 4 is 5.91 Å². The molecule has 14 heavy (non-hydrogen) atoms. The van der Waals surface area contributed by atoms with Crippen molar-refractivity contribution < 1.29 is 9.53 Å². The van der Waals surface area contributed by atoms with Crippen LogP contribution in [0.15, 0.2) is 0 Å². The van der Waals surface area contributed by atoms with E-state index < -0.39 is 0 Å². The van der Waals surface area contributed by atoms with Gasteiger partial charge in [0.05, 0.1) is 6.10 Å². The van der Waals surface area contributed by atoms with Crippen LogP contribution in [0.1, 0.15) is 44.9 Å². The van der Waals surface area contributed by atoms with Crippen LogP contribution < -0.4 is 11.3 Å². The van der Waals surface area contributed by atoms with Gasteiger partial charge in [0.1, 0.15) is 0 Å². The molecular formula is C10H20N2O2. The Hall–Kier alpha value is -0.610. The summed E-state index contributed by atoms with van der Waals surface area (Å²) < 4.78 is 5.66. The molecule has 1 aliphatic carbocycles. The molecule has 0 radical (unpaired) electrons. The molecule has 0 aliphatic heterocycles. The third kappa shape index (κ3) is 4.58. The molecule has 0 aromatic heterocycles. The first kappa shape index (κ1) is 11.5. The molecule has 3 N–H and O–H groups in total. The highest BCUT2D eigenvalue weighted by Gasteiger charge is 2.14. The van der Waals surface area contributed by atoms with E-state index in [1.807, 2.05) is 0 Å². The SMILES string of the molecule is NNC(=O)CCCCOC1CCCC1. The molecule has 1 amide bonds. The third-order valence-electron chi connectivity index (χ3n) is 2.61. The lowest BCUT2D eigenvalue weighted by Gasteiger charge is -2.10. The van der Waals surface area contributed by atoms with Crippen LogP contribution in [0.3, 0.4) is 0 Å². The second kappa shape index (κ2) is 6.79. The van der Waals surface area contributed by atoms with Gasteiger partial charge in [-0.15, -0.1) is 0 Å². The molecule has 1 rings (SSSR count). The zero-order valence-electron chi connectivity index (χ0n) is 8.63. The molecule has 4 nitrogen and oxygen atoms in total. The molecule has 1 fully saturated rings. The van der Waals surface area contributed by atoms with Crippen molar-refractivity contribution in [3.63, 3.8) is 0 Å². The van der Waals surface area contributed by atoms with Crippen LogP contribution in [0.25, 0.3) is 0 Å². The van der Waals surface area contributed by atoms with E-state index >= 15 is 0 Å². The Morgan fingerprint density at radius 2 is 2.07 bits per heavy atom. The quantitative estimate of drug-likeness (QED) is 0.292. The summed E-state index contributed by atoms with van der Waals surface area (Å²) in [7, 11) is 0. The number of hydrogen-bond donors (Lipinski definition) is 2. The second-order valence-electron chi connectivity index (χ2n) is 3.80. The molecule has 0 saturated heterocycles. The Balaban J connectivity index is 1.86. The highest BCUT2D eigenvalue weighted by atomic mass is 16.5.